The van der Waals surface area contributed by atoms with Crippen molar-refractivity contribution < 1.29 is 18.3 Å². The van der Waals surface area contributed by atoms with Gasteiger partial charge in [-0.15, -0.1) is 0 Å². The molecular weight excluding hydrogens is 280 g/mol. The summed E-state index contributed by atoms with van der Waals surface area (Å²) in [6.45, 7) is 2.35. The van der Waals surface area contributed by atoms with Crippen LogP contribution in [-0.2, 0) is 15.0 Å². The van der Waals surface area contributed by atoms with Gasteiger partial charge in [0.25, 0.3) is 0 Å². The van der Waals surface area contributed by atoms with Gasteiger partial charge in [0, 0.05) is 13.1 Å². The molecule has 1 fully saturated rings. The highest BCUT2D eigenvalue weighted by atomic mass is 32.2. The lowest BCUT2D eigenvalue weighted by Crippen LogP contribution is -2.42. The Balaban J connectivity index is 2.03. The van der Waals surface area contributed by atoms with Gasteiger partial charge in [0.15, 0.2) is 0 Å². The maximum absolute atomic E-state index is 12.2. The number of carboxylic acid groups (broad SMARTS) is 1. The average Bonchev–Trinajstić information content (AvgIpc) is 2.38. The highest BCUT2D eigenvalue weighted by molar-refractivity contribution is 7.90. The molecule has 0 unspecified atom stereocenters. The van der Waals surface area contributed by atoms with Crippen molar-refractivity contribution >= 4 is 21.9 Å². The fourth-order valence-electron chi connectivity index (χ4n) is 2.27. The quantitative estimate of drug-likeness (QED) is 0.880. The maximum atomic E-state index is 12.2. The molecule has 1 aromatic carbocycles. The second-order valence-electron chi connectivity index (χ2n) is 4.99. The predicted octanol–water partition coefficient (Wildman–Crippen LogP) is 1.45. The summed E-state index contributed by atoms with van der Waals surface area (Å²) in [4.78, 5) is 10.9. The minimum Gasteiger partial charge on any atom is -0.481 e. The molecule has 7 heteroatoms. The van der Waals surface area contributed by atoms with Gasteiger partial charge < -0.3 is 5.11 Å². The number of nitrogens with zero attached hydrogens (tertiary/aromatic N) is 1. The number of anilines is 1. The summed E-state index contributed by atoms with van der Waals surface area (Å²) >= 11 is 0. The second-order valence-corrected chi connectivity index (χ2v) is 6.66. The Hall–Kier alpha value is -1.60. The van der Waals surface area contributed by atoms with E-state index in [1.54, 1.807) is 18.2 Å². The van der Waals surface area contributed by atoms with Crippen LogP contribution in [0.2, 0.25) is 0 Å². The molecule has 1 heterocycles. The fourth-order valence-corrected chi connectivity index (χ4v) is 3.51. The van der Waals surface area contributed by atoms with Gasteiger partial charge in [0.05, 0.1) is 11.6 Å². The highest BCUT2D eigenvalue weighted by Gasteiger charge is 2.30. The van der Waals surface area contributed by atoms with Crippen LogP contribution in [0.3, 0.4) is 0 Å². The van der Waals surface area contributed by atoms with Crippen LogP contribution in [0.5, 0.6) is 0 Å². The number of carbonyl (C=O) groups is 1. The molecule has 2 N–H and O–H groups in total. The van der Waals surface area contributed by atoms with Crippen LogP contribution in [0.1, 0.15) is 18.4 Å². The van der Waals surface area contributed by atoms with Crippen molar-refractivity contribution in [1.29, 1.82) is 0 Å². The summed E-state index contributed by atoms with van der Waals surface area (Å²) in [5.41, 5.74) is 1.49. The molecule has 0 amide bonds. The van der Waals surface area contributed by atoms with E-state index in [0.29, 0.717) is 18.5 Å². The van der Waals surface area contributed by atoms with E-state index in [2.05, 4.69) is 4.72 Å². The van der Waals surface area contributed by atoms with Gasteiger partial charge in [0.1, 0.15) is 0 Å². The zero-order chi connectivity index (χ0) is 14.8. The topological polar surface area (TPSA) is 86.7 Å². The minimum atomic E-state index is -3.61. The Kier molecular flexibility index (Phi) is 4.29. The van der Waals surface area contributed by atoms with E-state index in [-0.39, 0.29) is 13.1 Å². The van der Waals surface area contributed by atoms with Crippen molar-refractivity contribution in [2.75, 3.05) is 17.8 Å². The Morgan fingerprint density at radius 3 is 2.55 bits per heavy atom. The van der Waals surface area contributed by atoms with Gasteiger partial charge in [-0.1, -0.05) is 12.1 Å². The molecule has 6 nitrogen and oxygen atoms in total. The lowest BCUT2D eigenvalue weighted by molar-refractivity contribution is -0.142. The Morgan fingerprint density at radius 2 is 2.00 bits per heavy atom. The summed E-state index contributed by atoms with van der Waals surface area (Å²) in [5.74, 6) is -1.30. The van der Waals surface area contributed by atoms with Crippen molar-refractivity contribution in [3.05, 3.63) is 29.8 Å². The van der Waals surface area contributed by atoms with Gasteiger partial charge in [-0.25, -0.2) is 0 Å². The van der Waals surface area contributed by atoms with E-state index in [9.17, 15) is 13.2 Å². The number of hydrogen-bond acceptors (Lipinski definition) is 3. The standard InChI is InChI=1S/C13H18N2O4S/c1-10-3-2-4-12(9-10)14-20(18,19)15-7-5-11(6-8-15)13(16)17/h2-4,9,11,14H,5-8H2,1H3,(H,16,17). The fraction of sp³-hybridized carbons (Fsp3) is 0.462. The minimum absolute atomic E-state index is 0.234. The van der Waals surface area contributed by atoms with E-state index in [1.807, 2.05) is 13.0 Å². The van der Waals surface area contributed by atoms with Crippen molar-refractivity contribution in [2.45, 2.75) is 19.8 Å². The van der Waals surface area contributed by atoms with E-state index < -0.39 is 22.1 Å². The number of nitrogens with one attached hydrogen (secondary N) is 1. The first kappa shape index (κ1) is 14.8. The number of aliphatic carboxylic acids is 1. The molecule has 0 radical (unpaired) electrons. The lowest BCUT2D eigenvalue weighted by atomic mass is 9.99. The summed E-state index contributed by atoms with van der Waals surface area (Å²) < 4.78 is 28.2. The molecule has 0 atom stereocenters. The van der Waals surface area contributed by atoms with Crippen LogP contribution < -0.4 is 4.72 Å². The lowest BCUT2D eigenvalue weighted by Gasteiger charge is -2.29. The average molecular weight is 298 g/mol. The first-order valence-corrected chi connectivity index (χ1v) is 7.90. The molecule has 0 aliphatic carbocycles. The van der Waals surface area contributed by atoms with E-state index in [4.69, 9.17) is 5.11 Å². The Bertz CT molecular complexity index is 592. The number of rotatable bonds is 4. The predicted molar refractivity (Wildman–Crippen MR) is 75.7 cm³/mol. The van der Waals surface area contributed by atoms with Crippen molar-refractivity contribution in [3.63, 3.8) is 0 Å². The smallest absolute Gasteiger partial charge is 0.306 e. The number of piperidine rings is 1. The molecule has 110 valence electrons. The number of benzene rings is 1. The van der Waals surface area contributed by atoms with Crippen LogP contribution in [0, 0.1) is 12.8 Å². The zero-order valence-electron chi connectivity index (χ0n) is 11.2. The van der Waals surface area contributed by atoms with Crippen LogP contribution >= 0.6 is 0 Å². The molecule has 2 rings (SSSR count). The van der Waals surface area contributed by atoms with Crippen LogP contribution in [0.15, 0.2) is 24.3 Å². The Labute approximate surface area is 118 Å². The molecule has 1 aliphatic rings. The van der Waals surface area contributed by atoms with Crippen molar-refractivity contribution in [2.24, 2.45) is 5.92 Å². The van der Waals surface area contributed by atoms with E-state index in [1.165, 1.54) is 4.31 Å². The van der Waals surface area contributed by atoms with Crippen LogP contribution in [0.25, 0.3) is 0 Å². The highest BCUT2D eigenvalue weighted by Crippen LogP contribution is 2.21. The molecule has 20 heavy (non-hydrogen) atoms. The molecule has 0 bridgehead atoms. The maximum Gasteiger partial charge on any atom is 0.306 e. The summed E-state index contributed by atoms with van der Waals surface area (Å²) in [6, 6.07) is 7.11. The molecule has 1 saturated heterocycles. The largest absolute Gasteiger partial charge is 0.481 e. The summed E-state index contributed by atoms with van der Waals surface area (Å²) in [7, 11) is -3.61. The van der Waals surface area contributed by atoms with Gasteiger partial charge in [0.2, 0.25) is 0 Å². The second kappa shape index (κ2) is 5.80. The van der Waals surface area contributed by atoms with Crippen LogP contribution in [-0.4, -0.2) is 36.9 Å². The summed E-state index contributed by atoms with van der Waals surface area (Å²) in [5, 5.41) is 8.91. The molecule has 0 saturated carbocycles. The van der Waals surface area contributed by atoms with Gasteiger partial charge >= 0.3 is 16.2 Å². The molecule has 0 spiro atoms. The zero-order valence-corrected chi connectivity index (χ0v) is 12.1. The number of aryl methyl sites for hydroxylation is 1. The first-order chi connectivity index (χ1) is 9.38. The van der Waals surface area contributed by atoms with Gasteiger partial charge in [-0.05, 0) is 37.5 Å². The molecule has 1 aliphatic heterocycles. The van der Waals surface area contributed by atoms with Crippen LogP contribution in [0.4, 0.5) is 5.69 Å². The molecule has 0 aromatic heterocycles. The third kappa shape index (κ3) is 3.49. The van der Waals surface area contributed by atoms with Gasteiger partial charge in [-0.2, -0.15) is 12.7 Å². The van der Waals surface area contributed by atoms with Crippen molar-refractivity contribution in [3.8, 4) is 0 Å². The Morgan fingerprint density at radius 1 is 1.35 bits per heavy atom. The molecular formula is C13H18N2O4S. The SMILES string of the molecule is Cc1cccc(NS(=O)(=O)N2CCC(C(=O)O)CC2)c1. The third-order valence-electron chi connectivity index (χ3n) is 3.41. The monoisotopic (exact) mass is 298 g/mol. The van der Waals surface area contributed by atoms with Crippen molar-refractivity contribution in [1.82, 2.24) is 4.31 Å². The summed E-state index contributed by atoms with van der Waals surface area (Å²) in [6.07, 6.45) is 0.703. The third-order valence-corrected chi connectivity index (χ3v) is 4.95. The number of hydrogen-bond donors (Lipinski definition) is 2. The normalized spacial score (nSPS) is 17.9. The first-order valence-electron chi connectivity index (χ1n) is 6.46. The van der Waals surface area contributed by atoms with Gasteiger partial charge in [-0.3, -0.25) is 9.52 Å². The molecule has 1 aromatic rings. The van der Waals surface area contributed by atoms with E-state index >= 15 is 0 Å². The van der Waals surface area contributed by atoms with E-state index in [0.717, 1.165) is 5.56 Å². The number of carboxylic acids is 1.